The number of carbonyl (C=O) groups excluding carboxylic acids is 1. The second kappa shape index (κ2) is 5.48. The summed E-state index contributed by atoms with van der Waals surface area (Å²) in [6, 6.07) is 7.27. The Balaban J connectivity index is 2.21. The molecule has 0 aliphatic carbocycles. The van der Waals surface area contributed by atoms with Crippen molar-refractivity contribution in [1.82, 2.24) is 19.8 Å². The predicted octanol–water partition coefficient (Wildman–Crippen LogP) is 0.761. The van der Waals surface area contributed by atoms with Crippen LogP contribution in [0, 0.1) is 11.3 Å². The maximum absolute atomic E-state index is 11.4. The van der Waals surface area contributed by atoms with Crippen molar-refractivity contribution in [3.8, 4) is 6.07 Å². The zero-order chi connectivity index (χ0) is 14.7. The molecule has 1 aromatic carbocycles. The van der Waals surface area contributed by atoms with Gasteiger partial charge in [0.2, 0.25) is 5.95 Å². The van der Waals surface area contributed by atoms with Gasteiger partial charge in [-0.25, -0.2) is 9.78 Å². The molecule has 0 radical (unpaired) electrons. The largest absolute Gasteiger partial charge is 0.369 e. The van der Waals surface area contributed by atoms with Gasteiger partial charge in [0, 0.05) is 27.2 Å². The lowest BCUT2D eigenvalue weighted by Crippen LogP contribution is -2.36. The van der Waals surface area contributed by atoms with E-state index in [1.807, 2.05) is 6.07 Å². The Hall–Kier alpha value is -2.75. The molecule has 0 unspecified atom stereocenters. The highest BCUT2D eigenvalue weighted by Gasteiger charge is 2.11. The minimum absolute atomic E-state index is 0.161. The van der Waals surface area contributed by atoms with Crippen LogP contribution in [-0.2, 0) is 6.54 Å². The summed E-state index contributed by atoms with van der Waals surface area (Å²) in [7, 11) is 3.35. The molecule has 104 valence electrons. The number of amides is 2. The van der Waals surface area contributed by atoms with E-state index in [1.54, 1.807) is 30.8 Å². The summed E-state index contributed by atoms with van der Waals surface area (Å²) in [5.41, 5.74) is 7.75. The Bertz CT molecular complexity index is 682. The average Bonchev–Trinajstić information content (AvgIpc) is 2.74. The van der Waals surface area contributed by atoms with Gasteiger partial charge >= 0.3 is 6.03 Å². The Kier molecular flexibility index (Phi) is 3.75. The molecule has 0 fully saturated rings. The van der Waals surface area contributed by atoms with Gasteiger partial charge in [0.1, 0.15) is 11.6 Å². The molecule has 2 amide bonds. The molecule has 0 bridgehead atoms. The monoisotopic (exact) mass is 272 g/mol. The van der Waals surface area contributed by atoms with Crippen LogP contribution >= 0.6 is 0 Å². The number of carbonyl (C=O) groups is 1. The fourth-order valence-electron chi connectivity index (χ4n) is 1.92. The van der Waals surface area contributed by atoms with Gasteiger partial charge in [-0.3, -0.25) is 0 Å². The van der Waals surface area contributed by atoms with Crippen LogP contribution in [0.25, 0.3) is 11.0 Å². The van der Waals surface area contributed by atoms with Crippen LogP contribution in [0.3, 0.4) is 0 Å². The molecule has 1 heterocycles. The second-order valence-corrected chi connectivity index (χ2v) is 4.53. The van der Waals surface area contributed by atoms with Crippen LogP contribution in [-0.4, -0.2) is 41.1 Å². The van der Waals surface area contributed by atoms with Crippen LogP contribution in [0.5, 0.6) is 0 Å². The van der Waals surface area contributed by atoms with Crippen LogP contribution < -0.4 is 11.1 Å². The van der Waals surface area contributed by atoms with E-state index in [9.17, 15) is 4.79 Å². The molecule has 0 saturated heterocycles. The molecule has 0 spiro atoms. The van der Waals surface area contributed by atoms with E-state index in [-0.39, 0.29) is 6.03 Å². The fourth-order valence-corrected chi connectivity index (χ4v) is 1.92. The van der Waals surface area contributed by atoms with Gasteiger partial charge < -0.3 is 20.5 Å². The number of nitrogens with one attached hydrogen (secondary N) is 1. The number of imidazole rings is 1. The molecule has 2 aromatic rings. The summed E-state index contributed by atoms with van der Waals surface area (Å²) in [6.07, 6.45) is 0. The molecule has 0 saturated carbocycles. The molecule has 0 aliphatic rings. The number of urea groups is 1. The number of anilines is 1. The summed E-state index contributed by atoms with van der Waals surface area (Å²) in [4.78, 5) is 17.1. The Labute approximate surface area is 116 Å². The van der Waals surface area contributed by atoms with Crippen molar-refractivity contribution in [3.63, 3.8) is 0 Å². The first-order valence-electron chi connectivity index (χ1n) is 6.14. The summed E-state index contributed by atoms with van der Waals surface area (Å²) in [6.45, 7) is 0.931. The molecule has 2 rings (SSSR count). The minimum atomic E-state index is -0.161. The molecule has 20 heavy (non-hydrogen) atoms. The minimum Gasteiger partial charge on any atom is -0.369 e. The van der Waals surface area contributed by atoms with Crippen molar-refractivity contribution in [2.45, 2.75) is 6.54 Å². The highest BCUT2D eigenvalue weighted by atomic mass is 16.2. The van der Waals surface area contributed by atoms with Crippen molar-refractivity contribution >= 4 is 23.0 Å². The number of hydrogen-bond donors (Lipinski definition) is 2. The highest BCUT2D eigenvalue weighted by Crippen LogP contribution is 2.20. The predicted molar refractivity (Wildman–Crippen MR) is 75.9 cm³/mol. The van der Waals surface area contributed by atoms with E-state index in [1.165, 1.54) is 4.90 Å². The molecule has 1 aromatic heterocycles. The lowest BCUT2D eigenvalue weighted by molar-refractivity contribution is 0.217. The SMILES string of the molecule is CN(C)C(=O)NCCn1c(N)nc2c(C#N)cccc21. The van der Waals surface area contributed by atoms with E-state index < -0.39 is 0 Å². The van der Waals surface area contributed by atoms with Crippen LogP contribution in [0.4, 0.5) is 10.7 Å². The number of para-hydroxylation sites is 1. The van der Waals surface area contributed by atoms with Crippen molar-refractivity contribution in [1.29, 1.82) is 5.26 Å². The molecular weight excluding hydrogens is 256 g/mol. The van der Waals surface area contributed by atoms with Crippen molar-refractivity contribution in [3.05, 3.63) is 23.8 Å². The summed E-state index contributed by atoms with van der Waals surface area (Å²) >= 11 is 0. The molecule has 7 nitrogen and oxygen atoms in total. The smallest absolute Gasteiger partial charge is 0.316 e. The molecule has 0 aliphatic heterocycles. The van der Waals surface area contributed by atoms with Crippen molar-refractivity contribution in [2.24, 2.45) is 0 Å². The molecular formula is C13H16N6O. The standard InChI is InChI=1S/C13H16N6O/c1-18(2)13(20)16-6-7-19-10-5-3-4-9(8-14)11(10)17-12(19)15/h3-5H,6-7H2,1-2H3,(H2,15,17)(H,16,20). The van der Waals surface area contributed by atoms with Crippen molar-refractivity contribution in [2.75, 3.05) is 26.4 Å². The molecule has 3 N–H and O–H groups in total. The highest BCUT2D eigenvalue weighted by molar-refractivity contribution is 5.84. The third kappa shape index (κ3) is 2.49. The number of nitrogens with two attached hydrogens (primary N) is 1. The van der Waals surface area contributed by atoms with Crippen LogP contribution in [0.1, 0.15) is 5.56 Å². The lowest BCUT2D eigenvalue weighted by atomic mass is 10.2. The number of rotatable bonds is 3. The third-order valence-corrected chi connectivity index (χ3v) is 2.95. The van der Waals surface area contributed by atoms with Gasteiger partial charge in [0.15, 0.2) is 0 Å². The number of hydrogen-bond acceptors (Lipinski definition) is 4. The third-order valence-electron chi connectivity index (χ3n) is 2.95. The van der Waals surface area contributed by atoms with E-state index in [4.69, 9.17) is 11.0 Å². The normalized spacial score (nSPS) is 10.2. The first-order chi connectivity index (χ1) is 9.54. The number of benzene rings is 1. The molecule has 7 heteroatoms. The first-order valence-corrected chi connectivity index (χ1v) is 6.14. The topological polar surface area (TPSA) is 100.0 Å². The van der Waals surface area contributed by atoms with Gasteiger partial charge in [0.25, 0.3) is 0 Å². The quantitative estimate of drug-likeness (QED) is 0.861. The lowest BCUT2D eigenvalue weighted by Gasteiger charge is -2.12. The first kappa shape index (κ1) is 13.7. The maximum atomic E-state index is 11.4. The van der Waals surface area contributed by atoms with Crippen molar-refractivity contribution < 1.29 is 4.79 Å². The number of nitrogen functional groups attached to an aromatic ring is 1. The summed E-state index contributed by atoms with van der Waals surface area (Å²) < 4.78 is 1.78. The van der Waals surface area contributed by atoms with E-state index in [0.29, 0.717) is 30.1 Å². The number of fused-ring (bicyclic) bond motifs is 1. The summed E-state index contributed by atoms with van der Waals surface area (Å²) in [5.74, 6) is 0.335. The maximum Gasteiger partial charge on any atom is 0.316 e. The zero-order valence-electron chi connectivity index (χ0n) is 11.4. The zero-order valence-corrected chi connectivity index (χ0v) is 11.4. The van der Waals surface area contributed by atoms with E-state index in [2.05, 4.69) is 16.4 Å². The van der Waals surface area contributed by atoms with Gasteiger partial charge in [-0.05, 0) is 12.1 Å². The fraction of sp³-hybridized carbons (Fsp3) is 0.308. The van der Waals surface area contributed by atoms with Gasteiger partial charge in [-0.2, -0.15) is 5.26 Å². The Morgan fingerprint density at radius 2 is 2.30 bits per heavy atom. The van der Waals surface area contributed by atoms with Gasteiger partial charge in [0.05, 0.1) is 11.1 Å². The van der Waals surface area contributed by atoms with Crippen LogP contribution in [0.15, 0.2) is 18.2 Å². The Morgan fingerprint density at radius 1 is 1.55 bits per heavy atom. The average molecular weight is 272 g/mol. The van der Waals surface area contributed by atoms with Gasteiger partial charge in [-0.15, -0.1) is 0 Å². The number of nitrogens with zero attached hydrogens (tertiary/aromatic N) is 4. The molecule has 0 atom stereocenters. The van der Waals surface area contributed by atoms with E-state index >= 15 is 0 Å². The second-order valence-electron chi connectivity index (χ2n) is 4.53. The summed E-state index contributed by atoms with van der Waals surface area (Å²) in [5, 5.41) is 11.8. The van der Waals surface area contributed by atoms with Gasteiger partial charge in [-0.1, -0.05) is 6.07 Å². The Morgan fingerprint density at radius 3 is 2.95 bits per heavy atom. The number of nitriles is 1. The number of aromatic nitrogens is 2. The van der Waals surface area contributed by atoms with E-state index in [0.717, 1.165) is 5.52 Å². The van der Waals surface area contributed by atoms with Crippen LogP contribution in [0.2, 0.25) is 0 Å².